The molecule has 0 aromatic carbocycles. The average molecular weight is 180 g/mol. The van der Waals surface area contributed by atoms with Gasteiger partial charge in [-0.1, -0.05) is 6.92 Å². The molecule has 1 atom stereocenters. The third-order valence-corrected chi connectivity index (χ3v) is 3.39. The van der Waals surface area contributed by atoms with Crippen LogP contribution in [0.5, 0.6) is 0 Å². The Morgan fingerprint density at radius 2 is 2.23 bits per heavy atom. The van der Waals surface area contributed by atoms with Crippen LogP contribution in [0.15, 0.2) is 0 Å². The molecule has 1 saturated heterocycles. The second-order valence-electron chi connectivity index (χ2n) is 4.49. The van der Waals surface area contributed by atoms with Gasteiger partial charge in [0.15, 0.2) is 0 Å². The molecular formula is C11H20N2. The lowest BCUT2D eigenvalue weighted by molar-refractivity contribution is 0.140. The molecule has 0 aliphatic carbocycles. The molecule has 1 aliphatic rings. The number of nitriles is 1. The van der Waals surface area contributed by atoms with Crippen molar-refractivity contribution in [2.45, 2.75) is 45.6 Å². The van der Waals surface area contributed by atoms with Gasteiger partial charge in [-0.2, -0.15) is 5.26 Å². The molecule has 2 nitrogen and oxygen atoms in total. The SMILES string of the molecule is CCCN1CCC(CC#N)C1(C)C. The van der Waals surface area contributed by atoms with E-state index in [1.54, 1.807) is 0 Å². The summed E-state index contributed by atoms with van der Waals surface area (Å²) in [6, 6.07) is 2.30. The van der Waals surface area contributed by atoms with Gasteiger partial charge >= 0.3 is 0 Å². The zero-order chi connectivity index (χ0) is 9.90. The van der Waals surface area contributed by atoms with Gasteiger partial charge in [0, 0.05) is 12.0 Å². The largest absolute Gasteiger partial charge is 0.298 e. The molecule has 0 aromatic heterocycles. The smallest absolute Gasteiger partial charge is 0.0625 e. The maximum Gasteiger partial charge on any atom is 0.0625 e. The summed E-state index contributed by atoms with van der Waals surface area (Å²) in [5.74, 6) is 0.573. The summed E-state index contributed by atoms with van der Waals surface area (Å²) in [7, 11) is 0. The van der Waals surface area contributed by atoms with Crippen LogP contribution < -0.4 is 0 Å². The molecule has 0 spiro atoms. The molecule has 74 valence electrons. The van der Waals surface area contributed by atoms with Crippen LogP contribution in [0.4, 0.5) is 0 Å². The maximum atomic E-state index is 8.71. The Bertz CT molecular complexity index is 203. The standard InChI is InChI=1S/C11H20N2/c1-4-8-13-9-6-10(5-7-12)11(13,2)3/h10H,4-6,8-9H2,1-3H3. The van der Waals surface area contributed by atoms with E-state index < -0.39 is 0 Å². The topological polar surface area (TPSA) is 27.0 Å². The van der Waals surface area contributed by atoms with Gasteiger partial charge in [-0.25, -0.2) is 0 Å². The van der Waals surface area contributed by atoms with E-state index in [1.807, 2.05) is 0 Å². The number of hydrogen-bond acceptors (Lipinski definition) is 2. The summed E-state index contributed by atoms with van der Waals surface area (Å²) < 4.78 is 0. The summed E-state index contributed by atoms with van der Waals surface area (Å²) in [5, 5.41) is 8.71. The first kappa shape index (κ1) is 10.5. The Balaban J connectivity index is 2.60. The van der Waals surface area contributed by atoms with Crippen LogP contribution in [0.1, 0.15) is 40.0 Å². The van der Waals surface area contributed by atoms with Crippen molar-refractivity contribution in [2.75, 3.05) is 13.1 Å². The third-order valence-electron chi connectivity index (χ3n) is 3.39. The number of rotatable bonds is 3. The second-order valence-corrected chi connectivity index (χ2v) is 4.49. The van der Waals surface area contributed by atoms with E-state index in [0.717, 1.165) is 0 Å². The second kappa shape index (κ2) is 4.11. The molecule has 0 amide bonds. The molecule has 0 bridgehead atoms. The van der Waals surface area contributed by atoms with Crippen LogP contribution in [0, 0.1) is 17.2 Å². The molecule has 2 heteroatoms. The summed E-state index contributed by atoms with van der Waals surface area (Å²) >= 11 is 0. The molecule has 0 aromatic rings. The predicted molar refractivity (Wildman–Crippen MR) is 54.3 cm³/mol. The fourth-order valence-corrected chi connectivity index (χ4v) is 2.34. The van der Waals surface area contributed by atoms with E-state index in [9.17, 15) is 0 Å². The van der Waals surface area contributed by atoms with Gasteiger partial charge in [0.05, 0.1) is 6.07 Å². The minimum absolute atomic E-state index is 0.242. The third kappa shape index (κ3) is 2.03. The highest BCUT2D eigenvalue weighted by atomic mass is 15.2. The molecular weight excluding hydrogens is 160 g/mol. The Hall–Kier alpha value is -0.550. The molecule has 0 radical (unpaired) electrons. The van der Waals surface area contributed by atoms with Crippen LogP contribution >= 0.6 is 0 Å². The first-order valence-corrected chi connectivity index (χ1v) is 5.25. The van der Waals surface area contributed by atoms with Crippen molar-refractivity contribution in [3.05, 3.63) is 0 Å². The quantitative estimate of drug-likeness (QED) is 0.667. The van der Waals surface area contributed by atoms with Gasteiger partial charge in [-0.05, 0) is 45.7 Å². The molecule has 0 N–H and O–H groups in total. The molecule has 0 saturated carbocycles. The van der Waals surface area contributed by atoms with Gasteiger partial charge < -0.3 is 0 Å². The Morgan fingerprint density at radius 3 is 2.77 bits per heavy atom. The zero-order valence-corrected chi connectivity index (χ0v) is 9.01. The highest BCUT2D eigenvalue weighted by Gasteiger charge is 2.39. The Morgan fingerprint density at radius 1 is 1.54 bits per heavy atom. The van der Waals surface area contributed by atoms with Crippen molar-refractivity contribution in [3.8, 4) is 6.07 Å². The maximum absolute atomic E-state index is 8.71. The van der Waals surface area contributed by atoms with Gasteiger partial charge in [-0.3, -0.25) is 4.90 Å². The van der Waals surface area contributed by atoms with Crippen LogP contribution in [-0.4, -0.2) is 23.5 Å². The predicted octanol–water partition coefficient (Wildman–Crippen LogP) is 2.41. The Kier molecular flexibility index (Phi) is 3.33. The first-order chi connectivity index (χ1) is 6.12. The molecule has 1 heterocycles. The van der Waals surface area contributed by atoms with Crippen LogP contribution in [-0.2, 0) is 0 Å². The van der Waals surface area contributed by atoms with Crippen molar-refractivity contribution in [1.82, 2.24) is 4.90 Å². The minimum atomic E-state index is 0.242. The van der Waals surface area contributed by atoms with Gasteiger partial charge in [0.1, 0.15) is 0 Å². The van der Waals surface area contributed by atoms with Crippen LogP contribution in [0.2, 0.25) is 0 Å². The summed E-state index contributed by atoms with van der Waals surface area (Å²) in [5.41, 5.74) is 0.242. The lowest BCUT2D eigenvalue weighted by atomic mass is 9.86. The summed E-state index contributed by atoms with van der Waals surface area (Å²) in [6.45, 7) is 9.12. The molecule has 13 heavy (non-hydrogen) atoms. The molecule has 1 rings (SSSR count). The molecule has 1 aliphatic heterocycles. The average Bonchev–Trinajstić information content (AvgIpc) is 2.33. The lowest BCUT2D eigenvalue weighted by Crippen LogP contribution is -2.42. The zero-order valence-electron chi connectivity index (χ0n) is 9.01. The van der Waals surface area contributed by atoms with Crippen molar-refractivity contribution in [3.63, 3.8) is 0 Å². The summed E-state index contributed by atoms with van der Waals surface area (Å²) in [4.78, 5) is 2.52. The number of hydrogen-bond donors (Lipinski definition) is 0. The van der Waals surface area contributed by atoms with Crippen molar-refractivity contribution in [1.29, 1.82) is 5.26 Å². The monoisotopic (exact) mass is 180 g/mol. The van der Waals surface area contributed by atoms with E-state index >= 15 is 0 Å². The number of likely N-dealkylation sites (tertiary alicyclic amines) is 1. The van der Waals surface area contributed by atoms with E-state index in [0.29, 0.717) is 12.3 Å². The van der Waals surface area contributed by atoms with Crippen molar-refractivity contribution in [2.24, 2.45) is 5.92 Å². The Labute approximate surface area is 81.5 Å². The summed E-state index contributed by atoms with van der Waals surface area (Å²) in [6.07, 6.45) is 3.12. The fraction of sp³-hybridized carbons (Fsp3) is 0.909. The van der Waals surface area contributed by atoms with Crippen molar-refractivity contribution < 1.29 is 0 Å². The van der Waals surface area contributed by atoms with Gasteiger partial charge in [0.25, 0.3) is 0 Å². The minimum Gasteiger partial charge on any atom is -0.298 e. The van der Waals surface area contributed by atoms with E-state index in [4.69, 9.17) is 5.26 Å². The van der Waals surface area contributed by atoms with E-state index in [2.05, 4.69) is 31.7 Å². The van der Waals surface area contributed by atoms with E-state index in [-0.39, 0.29) is 5.54 Å². The van der Waals surface area contributed by atoms with Gasteiger partial charge in [0.2, 0.25) is 0 Å². The van der Waals surface area contributed by atoms with E-state index in [1.165, 1.54) is 25.9 Å². The van der Waals surface area contributed by atoms with Crippen LogP contribution in [0.25, 0.3) is 0 Å². The fourth-order valence-electron chi connectivity index (χ4n) is 2.34. The van der Waals surface area contributed by atoms with Crippen LogP contribution in [0.3, 0.4) is 0 Å². The highest BCUT2D eigenvalue weighted by Crippen LogP contribution is 2.36. The lowest BCUT2D eigenvalue weighted by Gasteiger charge is -2.35. The highest BCUT2D eigenvalue weighted by molar-refractivity contribution is 4.98. The normalized spacial score (nSPS) is 27.4. The van der Waals surface area contributed by atoms with Gasteiger partial charge in [-0.15, -0.1) is 0 Å². The molecule has 1 unspecified atom stereocenters. The number of nitrogens with zero attached hydrogens (tertiary/aromatic N) is 2. The first-order valence-electron chi connectivity index (χ1n) is 5.25. The molecule has 1 fully saturated rings. The van der Waals surface area contributed by atoms with Crippen molar-refractivity contribution >= 4 is 0 Å².